The van der Waals surface area contributed by atoms with Gasteiger partial charge in [-0.05, 0) is 31.2 Å². The molecule has 2 aromatic carbocycles. The molecular formula is C22H28N4O3. The third-order valence-corrected chi connectivity index (χ3v) is 4.96. The normalized spacial score (nSPS) is 14.3. The standard InChI is InChI=1S/C22H28N4O3/c1-17-7-9-18(10-8-17)24-21(27)16-25-11-13-26(14-12-25)22(28)15-23-19-5-3-4-6-20(19)29-2/h3-10,23H,11-16H2,1-2H3,(H,24,27). The summed E-state index contributed by atoms with van der Waals surface area (Å²) in [5, 5.41) is 6.06. The highest BCUT2D eigenvalue weighted by Crippen LogP contribution is 2.22. The van der Waals surface area contributed by atoms with E-state index in [4.69, 9.17) is 4.74 Å². The predicted molar refractivity (Wildman–Crippen MR) is 114 cm³/mol. The van der Waals surface area contributed by atoms with Gasteiger partial charge in [0.1, 0.15) is 5.75 Å². The van der Waals surface area contributed by atoms with Crippen LogP contribution in [0.25, 0.3) is 0 Å². The Morgan fingerprint density at radius 3 is 2.38 bits per heavy atom. The number of hydrogen-bond acceptors (Lipinski definition) is 5. The van der Waals surface area contributed by atoms with Crippen molar-refractivity contribution >= 4 is 23.2 Å². The number of anilines is 2. The van der Waals surface area contributed by atoms with Crippen LogP contribution in [0.2, 0.25) is 0 Å². The molecule has 0 unspecified atom stereocenters. The van der Waals surface area contributed by atoms with Gasteiger partial charge in [0.15, 0.2) is 0 Å². The second kappa shape index (κ2) is 9.93. The van der Waals surface area contributed by atoms with Crippen molar-refractivity contribution in [1.82, 2.24) is 9.80 Å². The third kappa shape index (κ3) is 5.96. The Hall–Kier alpha value is -3.06. The number of para-hydroxylation sites is 2. The molecule has 0 radical (unpaired) electrons. The first-order valence-electron chi connectivity index (χ1n) is 9.78. The first-order valence-corrected chi connectivity index (χ1v) is 9.78. The van der Waals surface area contributed by atoms with Gasteiger partial charge in [-0.3, -0.25) is 14.5 Å². The lowest BCUT2D eigenvalue weighted by atomic mass is 10.2. The third-order valence-electron chi connectivity index (χ3n) is 4.96. The zero-order valence-electron chi connectivity index (χ0n) is 17.0. The summed E-state index contributed by atoms with van der Waals surface area (Å²) in [6, 6.07) is 15.3. The number of hydrogen-bond donors (Lipinski definition) is 2. The number of piperazine rings is 1. The summed E-state index contributed by atoms with van der Waals surface area (Å²) < 4.78 is 5.29. The Bertz CT molecular complexity index is 830. The SMILES string of the molecule is COc1ccccc1NCC(=O)N1CCN(CC(=O)Nc2ccc(C)cc2)CC1. The van der Waals surface area contributed by atoms with Crippen LogP contribution in [0.3, 0.4) is 0 Å². The molecule has 2 N–H and O–H groups in total. The molecule has 1 heterocycles. The van der Waals surface area contributed by atoms with Crippen LogP contribution in [0.4, 0.5) is 11.4 Å². The van der Waals surface area contributed by atoms with Crippen LogP contribution in [-0.4, -0.2) is 68.0 Å². The highest BCUT2D eigenvalue weighted by molar-refractivity contribution is 5.92. The maximum absolute atomic E-state index is 12.5. The van der Waals surface area contributed by atoms with Gasteiger partial charge >= 0.3 is 0 Å². The number of methoxy groups -OCH3 is 1. The van der Waals surface area contributed by atoms with Crippen LogP contribution in [0, 0.1) is 6.92 Å². The molecule has 154 valence electrons. The van der Waals surface area contributed by atoms with E-state index in [9.17, 15) is 9.59 Å². The first-order chi connectivity index (χ1) is 14.0. The van der Waals surface area contributed by atoms with E-state index in [1.165, 1.54) is 0 Å². The summed E-state index contributed by atoms with van der Waals surface area (Å²) in [6.45, 7) is 5.15. The fourth-order valence-electron chi connectivity index (χ4n) is 3.27. The van der Waals surface area contributed by atoms with Crippen LogP contribution in [0.1, 0.15) is 5.56 Å². The number of carbonyl (C=O) groups is 2. The Balaban J connectivity index is 1.40. The second-order valence-corrected chi connectivity index (χ2v) is 7.12. The topological polar surface area (TPSA) is 73.9 Å². The highest BCUT2D eigenvalue weighted by Gasteiger charge is 2.22. The second-order valence-electron chi connectivity index (χ2n) is 7.12. The van der Waals surface area contributed by atoms with E-state index in [-0.39, 0.29) is 18.4 Å². The van der Waals surface area contributed by atoms with Gasteiger partial charge in [0.2, 0.25) is 11.8 Å². The van der Waals surface area contributed by atoms with Crippen molar-refractivity contribution in [2.75, 3.05) is 57.0 Å². The fourth-order valence-corrected chi connectivity index (χ4v) is 3.27. The van der Waals surface area contributed by atoms with Crippen LogP contribution in [0.5, 0.6) is 5.75 Å². The summed E-state index contributed by atoms with van der Waals surface area (Å²) in [7, 11) is 1.61. The van der Waals surface area contributed by atoms with Crippen LogP contribution in [-0.2, 0) is 9.59 Å². The predicted octanol–water partition coefficient (Wildman–Crippen LogP) is 2.20. The van der Waals surface area contributed by atoms with E-state index in [0.717, 1.165) is 16.9 Å². The maximum atomic E-state index is 12.5. The summed E-state index contributed by atoms with van der Waals surface area (Å²) >= 11 is 0. The fraction of sp³-hybridized carbons (Fsp3) is 0.364. The van der Waals surface area contributed by atoms with E-state index in [2.05, 4.69) is 15.5 Å². The van der Waals surface area contributed by atoms with Crippen LogP contribution in [0.15, 0.2) is 48.5 Å². The number of carbonyl (C=O) groups excluding carboxylic acids is 2. The van der Waals surface area contributed by atoms with Gasteiger partial charge in [0, 0.05) is 31.9 Å². The molecule has 0 bridgehead atoms. The number of nitrogens with zero attached hydrogens (tertiary/aromatic N) is 2. The van der Waals surface area contributed by atoms with Gasteiger partial charge in [-0.2, -0.15) is 0 Å². The minimum absolute atomic E-state index is 0.0357. The highest BCUT2D eigenvalue weighted by atomic mass is 16.5. The minimum Gasteiger partial charge on any atom is -0.495 e. The van der Waals surface area contributed by atoms with E-state index in [1.807, 2.05) is 60.4 Å². The van der Waals surface area contributed by atoms with Crippen LogP contribution >= 0.6 is 0 Å². The summed E-state index contributed by atoms with van der Waals surface area (Å²) in [6.07, 6.45) is 0. The Morgan fingerprint density at radius 2 is 1.69 bits per heavy atom. The average Bonchev–Trinajstić information content (AvgIpc) is 2.74. The largest absolute Gasteiger partial charge is 0.495 e. The molecule has 1 aliphatic heterocycles. The van der Waals surface area contributed by atoms with E-state index >= 15 is 0 Å². The summed E-state index contributed by atoms with van der Waals surface area (Å²) in [5.74, 6) is 0.718. The number of aryl methyl sites for hydroxylation is 1. The van der Waals surface area contributed by atoms with E-state index < -0.39 is 0 Å². The molecule has 2 aromatic rings. The molecule has 7 nitrogen and oxygen atoms in total. The zero-order valence-corrected chi connectivity index (χ0v) is 17.0. The van der Waals surface area contributed by atoms with Crippen molar-refractivity contribution in [2.24, 2.45) is 0 Å². The van der Waals surface area contributed by atoms with Gasteiger partial charge in [-0.1, -0.05) is 29.8 Å². The summed E-state index contributed by atoms with van der Waals surface area (Å²) in [5.41, 5.74) is 2.76. The minimum atomic E-state index is -0.0357. The zero-order chi connectivity index (χ0) is 20.6. The first kappa shape index (κ1) is 20.7. The average molecular weight is 396 g/mol. The van der Waals surface area contributed by atoms with Gasteiger partial charge in [0.05, 0.1) is 25.9 Å². The molecule has 0 aliphatic carbocycles. The van der Waals surface area contributed by atoms with Crippen molar-refractivity contribution in [3.8, 4) is 5.75 Å². The van der Waals surface area contributed by atoms with Gasteiger partial charge in [0.25, 0.3) is 0 Å². The summed E-state index contributed by atoms with van der Waals surface area (Å²) in [4.78, 5) is 28.6. The molecule has 29 heavy (non-hydrogen) atoms. The number of benzene rings is 2. The molecule has 0 atom stereocenters. The van der Waals surface area contributed by atoms with Gasteiger partial charge in [-0.25, -0.2) is 0 Å². The van der Waals surface area contributed by atoms with E-state index in [0.29, 0.717) is 38.5 Å². The molecule has 2 amide bonds. The smallest absolute Gasteiger partial charge is 0.241 e. The lowest BCUT2D eigenvalue weighted by molar-refractivity contribution is -0.131. The monoisotopic (exact) mass is 396 g/mol. The number of nitrogens with one attached hydrogen (secondary N) is 2. The quantitative estimate of drug-likeness (QED) is 0.751. The molecular weight excluding hydrogens is 368 g/mol. The lowest BCUT2D eigenvalue weighted by Crippen LogP contribution is -2.51. The number of rotatable bonds is 7. The van der Waals surface area contributed by atoms with Crippen molar-refractivity contribution in [3.63, 3.8) is 0 Å². The van der Waals surface area contributed by atoms with E-state index in [1.54, 1.807) is 7.11 Å². The molecule has 0 aromatic heterocycles. The number of amides is 2. The van der Waals surface area contributed by atoms with Gasteiger partial charge < -0.3 is 20.3 Å². The van der Waals surface area contributed by atoms with Crippen LogP contribution < -0.4 is 15.4 Å². The van der Waals surface area contributed by atoms with Crippen molar-refractivity contribution < 1.29 is 14.3 Å². The van der Waals surface area contributed by atoms with Crippen molar-refractivity contribution in [1.29, 1.82) is 0 Å². The molecule has 1 fully saturated rings. The molecule has 0 saturated carbocycles. The Morgan fingerprint density at radius 1 is 1.00 bits per heavy atom. The molecule has 3 rings (SSSR count). The van der Waals surface area contributed by atoms with Crippen molar-refractivity contribution in [2.45, 2.75) is 6.92 Å². The van der Waals surface area contributed by atoms with Gasteiger partial charge in [-0.15, -0.1) is 0 Å². The lowest BCUT2D eigenvalue weighted by Gasteiger charge is -2.34. The molecule has 0 spiro atoms. The Kier molecular flexibility index (Phi) is 7.08. The molecule has 1 aliphatic rings. The molecule has 7 heteroatoms. The number of ether oxygens (including phenoxy) is 1. The molecule has 1 saturated heterocycles. The Labute approximate surface area is 171 Å². The maximum Gasteiger partial charge on any atom is 0.241 e. The van der Waals surface area contributed by atoms with Crippen molar-refractivity contribution in [3.05, 3.63) is 54.1 Å².